The van der Waals surface area contributed by atoms with Crippen LogP contribution in [-0.4, -0.2) is 20.0 Å². The van der Waals surface area contributed by atoms with Gasteiger partial charge >= 0.3 is 0 Å². The number of nitrogens with zero attached hydrogens (tertiary/aromatic N) is 2. The number of benzene rings is 2. The Morgan fingerprint density at radius 1 is 1.15 bits per heavy atom. The van der Waals surface area contributed by atoms with Crippen molar-refractivity contribution in [2.24, 2.45) is 4.99 Å². The van der Waals surface area contributed by atoms with E-state index < -0.39 is 0 Å². The van der Waals surface area contributed by atoms with Crippen molar-refractivity contribution in [3.8, 4) is 0 Å². The van der Waals surface area contributed by atoms with Crippen molar-refractivity contribution in [1.82, 2.24) is 4.57 Å². The molecule has 0 saturated heterocycles. The van der Waals surface area contributed by atoms with Crippen LogP contribution in [0.15, 0.2) is 71.5 Å². The molecule has 0 amide bonds. The summed E-state index contributed by atoms with van der Waals surface area (Å²) in [5, 5.41) is 0.865. The maximum absolute atomic E-state index is 12.4. The van der Waals surface area contributed by atoms with Gasteiger partial charge in [0.2, 0.25) is 11.0 Å². The van der Waals surface area contributed by atoms with Gasteiger partial charge in [-0.1, -0.05) is 60.3 Å². The Labute approximate surface area is 165 Å². The van der Waals surface area contributed by atoms with Crippen molar-refractivity contribution in [3.63, 3.8) is 0 Å². The van der Waals surface area contributed by atoms with E-state index in [9.17, 15) is 9.59 Å². The van der Waals surface area contributed by atoms with Crippen LogP contribution in [0.25, 0.3) is 17.0 Å². The minimum absolute atomic E-state index is 0.0643. The third-order valence-corrected chi connectivity index (χ3v) is 6.26. The minimum Gasteiger partial charge on any atom is -0.287 e. The average Bonchev–Trinajstić information content (AvgIpc) is 3.22. The molecule has 1 aromatic heterocycles. The number of carbonyl (C=O) groups excluding carboxylic acids is 2. The summed E-state index contributed by atoms with van der Waals surface area (Å²) in [5.41, 5.74) is 3.27. The lowest BCUT2D eigenvalue weighted by molar-refractivity contribution is -0.107. The van der Waals surface area contributed by atoms with Crippen molar-refractivity contribution in [2.45, 2.75) is 12.7 Å². The Balaban J connectivity index is 1.62. The molecule has 0 spiro atoms. The number of para-hydroxylation sites is 1. The molecule has 27 heavy (non-hydrogen) atoms. The van der Waals surface area contributed by atoms with E-state index >= 15 is 0 Å². The second kappa shape index (κ2) is 7.58. The molecule has 0 bridgehead atoms. The van der Waals surface area contributed by atoms with Crippen LogP contribution in [-0.2, 0) is 10.5 Å². The first-order valence-electron chi connectivity index (χ1n) is 8.42. The lowest BCUT2D eigenvalue weighted by Crippen LogP contribution is -2.02. The fraction of sp³-hybridized carbons (Fsp3) is 0.0952. The van der Waals surface area contributed by atoms with Gasteiger partial charge < -0.3 is 0 Å². The third-order valence-electron chi connectivity index (χ3n) is 4.18. The fourth-order valence-electron chi connectivity index (χ4n) is 2.90. The summed E-state index contributed by atoms with van der Waals surface area (Å²) in [7, 11) is 0. The van der Waals surface area contributed by atoms with Crippen LogP contribution < -0.4 is 0 Å². The molecule has 1 aliphatic rings. The first-order valence-corrected chi connectivity index (χ1v) is 10.2. The zero-order valence-corrected chi connectivity index (χ0v) is 16.2. The second-order valence-corrected chi connectivity index (χ2v) is 8.25. The Hall–Kier alpha value is -2.57. The summed E-state index contributed by atoms with van der Waals surface area (Å²) in [4.78, 5) is 28.8. The lowest BCUT2D eigenvalue weighted by atomic mass is 10.1. The molecule has 0 fully saturated rings. The van der Waals surface area contributed by atoms with Crippen molar-refractivity contribution in [2.75, 3.05) is 0 Å². The molecule has 3 aromatic rings. The van der Waals surface area contributed by atoms with Crippen molar-refractivity contribution >= 4 is 55.9 Å². The van der Waals surface area contributed by atoms with Crippen molar-refractivity contribution in [1.29, 1.82) is 0 Å². The quantitative estimate of drug-likeness (QED) is 0.575. The first kappa shape index (κ1) is 17.8. The monoisotopic (exact) mass is 392 g/mol. The predicted octanol–water partition coefficient (Wildman–Crippen LogP) is 5.21. The Bertz CT molecular complexity index is 1100. The highest BCUT2D eigenvalue weighted by Crippen LogP contribution is 2.33. The Morgan fingerprint density at radius 2 is 1.89 bits per heavy atom. The molecule has 0 saturated carbocycles. The number of aromatic nitrogens is 1. The van der Waals surface area contributed by atoms with Crippen molar-refractivity contribution in [3.05, 3.63) is 77.6 Å². The van der Waals surface area contributed by atoms with Gasteiger partial charge in [-0.3, -0.25) is 14.2 Å². The van der Waals surface area contributed by atoms with E-state index in [4.69, 9.17) is 0 Å². The highest BCUT2D eigenvalue weighted by atomic mass is 32.2. The van der Waals surface area contributed by atoms with E-state index in [0.29, 0.717) is 5.70 Å². The van der Waals surface area contributed by atoms with E-state index in [0.717, 1.165) is 38.4 Å². The van der Waals surface area contributed by atoms with Crippen LogP contribution in [0.4, 0.5) is 0 Å². The molecule has 4 nitrogen and oxygen atoms in total. The van der Waals surface area contributed by atoms with Crippen LogP contribution in [0, 0.1) is 0 Å². The maximum Gasteiger partial charge on any atom is 0.244 e. The highest BCUT2D eigenvalue weighted by Gasteiger charge is 2.23. The van der Waals surface area contributed by atoms with Crippen LogP contribution in [0.3, 0.4) is 0 Å². The highest BCUT2D eigenvalue weighted by molar-refractivity contribution is 8.45. The maximum atomic E-state index is 12.4. The van der Waals surface area contributed by atoms with Crippen LogP contribution >= 0.6 is 23.5 Å². The van der Waals surface area contributed by atoms with Gasteiger partial charge in [0.05, 0.1) is 5.52 Å². The van der Waals surface area contributed by atoms with E-state index in [1.807, 2.05) is 42.5 Å². The first-order chi connectivity index (χ1) is 13.1. The standard InChI is InChI=1S/C21H16N2O2S2/c1-14(24)23-12-16(17-9-5-6-10-19(17)23)11-18-20(25)27-21(22-18)26-13-15-7-3-2-4-8-15/h2-12H,13H2,1H3/b18-11+. The lowest BCUT2D eigenvalue weighted by Gasteiger charge is -1.98. The summed E-state index contributed by atoms with van der Waals surface area (Å²) < 4.78 is 2.36. The smallest absolute Gasteiger partial charge is 0.244 e. The molecule has 2 aromatic carbocycles. The minimum atomic E-state index is -0.0646. The van der Waals surface area contributed by atoms with Crippen LogP contribution in [0.2, 0.25) is 0 Å². The predicted molar refractivity (Wildman–Crippen MR) is 114 cm³/mol. The second-order valence-electron chi connectivity index (χ2n) is 6.06. The molecule has 0 N–H and O–H groups in total. The Morgan fingerprint density at radius 3 is 2.67 bits per heavy atom. The number of thioether (sulfide) groups is 2. The largest absolute Gasteiger partial charge is 0.287 e. The normalized spacial score (nSPS) is 15.5. The molecule has 2 heterocycles. The molecule has 0 aliphatic carbocycles. The van der Waals surface area contributed by atoms with Gasteiger partial charge in [-0.2, -0.15) is 0 Å². The van der Waals surface area contributed by atoms with Gasteiger partial charge in [0.15, 0.2) is 0 Å². The summed E-state index contributed by atoms with van der Waals surface area (Å²) in [6.45, 7) is 1.52. The number of aliphatic imine (C=N–C) groups is 1. The van der Waals surface area contributed by atoms with Gasteiger partial charge in [-0.15, -0.1) is 0 Å². The van der Waals surface area contributed by atoms with Gasteiger partial charge in [0, 0.05) is 29.8 Å². The summed E-state index contributed by atoms with van der Waals surface area (Å²) in [6, 6.07) is 17.8. The molecule has 4 rings (SSSR count). The molecule has 0 atom stereocenters. The van der Waals surface area contributed by atoms with Crippen LogP contribution in [0.5, 0.6) is 0 Å². The van der Waals surface area contributed by atoms with Gasteiger partial charge in [-0.05, 0) is 29.5 Å². The molecular weight excluding hydrogens is 376 g/mol. The molecule has 1 aliphatic heterocycles. The summed E-state index contributed by atoms with van der Waals surface area (Å²) >= 11 is 2.72. The number of hydrogen-bond acceptors (Lipinski definition) is 5. The summed E-state index contributed by atoms with van der Waals surface area (Å²) in [5.74, 6) is 0.710. The molecule has 6 heteroatoms. The van der Waals surface area contributed by atoms with Gasteiger partial charge in [0.1, 0.15) is 10.1 Å². The molecule has 0 unspecified atom stereocenters. The average molecular weight is 393 g/mol. The van der Waals surface area contributed by atoms with Crippen molar-refractivity contribution < 1.29 is 9.59 Å². The number of rotatable bonds is 3. The number of fused-ring (bicyclic) bond motifs is 1. The zero-order chi connectivity index (χ0) is 18.8. The fourth-order valence-corrected chi connectivity index (χ4v) is 4.70. The number of hydrogen-bond donors (Lipinski definition) is 0. The topological polar surface area (TPSA) is 51.4 Å². The Kier molecular flexibility index (Phi) is 5.01. The summed E-state index contributed by atoms with van der Waals surface area (Å²) in [6.07, 6.45) is 3.54. The van der Waals surface area contributed by atoms with E-state index in [2.05, 4.69) is 17.1 Å². The van der Waals surface area contributed by atoms with E-state index in [1.165, 1.54) is 12.5 Å². The molecular formula is C21H16N2O2S2. The number of carbonyl (C=O) groups is 2. The van der Waals surface area contributed by atoms with Gasteiger partial charge in [0.25, 0.3) is 0 Å². The molecule has 134 valence electrons. The molecule has 0 radical (unpaired) electrons. The van der Waals surface area contributed by atoms with Crippen LogP contribution in [0.1, 0.15) is 22.8 Å². The van der Waals surface area contributed by atoms with E-state index in [1.54, 1.807) is 28.6 Å². The van der Waals surface area contributed by atoms with Gasteiger partial charge in [-0.25, -0.2) is 4.99 Å². The zero-order valence-electron chi connectivity index (χ0n) is 14.6. The SMILES string of the molecule is CC(=O)n1cc(/C=C2/N=C(SCc3ccccc3)SC2=O)c2ccccc21. The third kappa shape index (κ3) is 3.77. The van der Waals surface area contributed by atoms with E-state index in [-0.39, 0.29) is 11.0 Å².